The molecule has 0 saturated heterocycles. The van der Waals surface area contributed by atoms with Gasteiger partial charge in [0.25, 0.3) is 0 Å². The summed E-state index contributed by atoms with van der Waals surface area (Å²) in [5.41, 5.74) is 3.40. The minimum absolute atomic E-state index is 0.370. The molecule has 6 heteroatoms. The van der Waals surface area contributed by atoms with Gasteiger partial charge in [-0.25, -0.2) is 9.18 Å². The van der Waals surface area contributed by atoms with Crippen LogP contribution in [0.3, 0.4) is 0 Å². The number of rotatable bonds is 4. The summed E-state index contributed by atoms with van der Waals surface area (Å²) in [7, 11) is 0. The Balaban J connectivity index is 1.58. The van der Waals surface area contributed by atoms with E-state index < -0.39 is 18.2 Å². The molecule has 2 amide bonds. The lowest BCUT2D eigenvalue weighted by molar-refractivity contribution is 0.134. The van der Waals surface area contributed by atoms with Crippen LogP contribution in [0.25, 0.3) is 0 Å². The molecule has 1 aliphatic heterocycles. The first-order valence-electron chi connectivity index (χ1n) is 7.73. The minimum Gasteiger partial charge on any atom is -0.386 e. The normalized spacial score (nSPS) is 15.5. The van der Waals surface area contributed by atoms with Gasteiger partial charge in [0.1, 0.15) is 5.82 Å². The van der Waals surface area contributed by atoms with E-state index in [0.717, 1.165) is 11.1 Å². The Bertz CT molecular complexity index is 734. The maximum absolute atomic E-state index is 12.9. The van der Waals surface area contributed by atoms with Gasteiger partial charge in [-0.2, -0.15) is 0 Å². The molecule has 24 heavy (non-hydrogen) atoms. The number of hydrogen-bond acceptors (Lipinski definition) is 3. The Morgan fingerprint density at radius 1 is 1.17 bits per heavy atom. The van der Waals surface area contributed by atoms with Crippen LogP contribution in [0.2, 0.25) is 0 Å². The Morgan fingerprint density at radius 2 is 1.88 bits per heavy atom. The van der Waals surface area contributed by atoms with Crippen LogP contribution in [0.5, 0.6) is 0 Å². The molecule has 0 radical (unpaired) electrons. The van der Waals surface area contributed by atoms with E-state index in [2.05, 4.69) is 10.6 Å². The van der Waals surface area contributed by atoms with E-state index in [-0.39, 0.29) is 5.82 Å². The number of nitrogens with one attached hydrogen (secondary N) is 2. The molecular weight excluding hydrogens is 311 g/mol. The highest BCUT2D eigenvalue weighted by atomic mass is 19.1. The lowest BCUT2D eigenvalue weighted by atomic mass is 10.0. The summed E-state index contributed by atoms with van der Waals surface area (Å²) in [4.78, 5) is 12.1. The summed E-state index contributed by atoms with van der Waals surface area (Å²) >= 11 is 0. The average Bonchev–Trinajstić information content (AvgIpc) is 3.02. The third-order valence-corrected chi connectivity index (χ3v) is 4.02. The van der Waals surface area contributed by atoms with Crippen LogP contribution in [-0.4, -0.2) is 17.2 Å². The first-order chi connectivity index (χ1) is 11.5. The summed E-state index contributed by atoms with van der Waals surface area (Å²) in [6, 6.07) is 10.2. The van der Waals surface area contributed by atoms with Crippen molar-refractivity contribution >= 4 is 11.7 Å². The lowest BCUT2D eigenvalue weighted by Crippen LogP contribution is -2.39. The highest BCUT2D eigenvalue weighted by Gasteiger charge is 2.19. The molecule has 0 aliphatic carbocycles. The van der Waals surface area contributed by atoms with E-state index in [1.54, 1.807) is 6.92 Å². The lowest BCUT2D eigenvalue weighted by Gasteiger charge is -2.21. The molecule has 3 N–H and O–H groups in total. The fourth-order valence-electron chi connectivity index (χ4n) is 2.65. The molecule has 2 atom stereocenters. The quantitative estimate of drug-likeness (QED) is 0.807. The SMILES string of the molecule is CC(NC(=O)Nc1ccc2c(c1)COC2)C(O)c1ccc(F)cc1. The van der Waals surface area contributed by atoms with Gasteiger partial charge in [0.05, 0.1) is 25.4 Å². The van der Waals surface area contributed by atoms with Crippen LogP contribution >= 0.6 is 0 Å². The summed E-state index contributed by atoms with van der Waals surface area (Å²) in [5, 5.41) is 15.7. The maximum atomic E-state index is 12.9. The van der Waals surface area contributed by atoms with Crippen LogP contribution in [-0.2, 0) is 18.0 Å². The fraction of sp³-hybridized carbons (Fsp3) is 0.278. The van der Waals surface area contributed by atoms with Gasteiger partial charge in [-0.1, -0.05) is 18.2 Å². The van der Waals surface area contributed by atoms with E-state index in [0.29, 0.717) is 24.5 Å². The molecule has 0 bridgehead atoms. The van der Waals surface area contributed by atoms with E-state index >= 15 is 0 Å². The minimum atomic E-state index is -0.926. The number of aliphatic hydroxyl groups excluding tert-OH is 1. The van der Waals surface area contributed by atoms with Crippen molar-refractivity contribution in [1.29, 1.82) is 0 Å². The Hall–Kier alpha value is -2.44. The molecule has 1 heterocycles. The first-order valence-corrected chi connectivity index (χ1v) is 7.73. The molecule has 3 rings (SSSR count). The number of benzene rings is 2. The number of amides is 2. The van der Waals surface area contributed by atoms with Gasteiger partial charge in [-0.15, -0.1) is 0 Å². The van der Waals surface area contributed by atoms with Crippen molar-refractivity contribution in [1.82, 2.24) is 5.32 Å². The highest BCUT2D eigenvalue weighted by Crippen LogP contribution is 2.23. The van der Waals surface area contributed by atoms with Crippen LogP contribution in [0.15, 0.2) is 42.5 Å². The molecule has 5 nitrogen and oxygen atoms in total. The topological polar surface area (TPSA) is 70.6 Å². The van der Waals surface area contributed by atoms with Crippen LogP contribution in [0.1, 0.15) is 29.7 Å². The predicted molar refractivity (Wildman–Crippen MR) is 87.9 cm³/mol. The van der Waals surface area contributed by atoms with Crippen LogP contribution in [0.4, 0.5) is 14.9 Å². The van der Waals surface area contributed by atoms with Gasteiger partial charge in [0.15, 0.2) is 0 Å². The van der Waals surface area contributed by atoms with Crippen LogP contribution in [0, 0.1) is 5.82 Å². The predicted octanol–water partition coefficient (Wildman–Crippen LogP) is 3.10. The molecule has 0 saturated carbocycles. The van der Waals surface area contributed by atoms with Gasteiger partial charge < -0.3 is 20.5 Å². The Labute approximate surface area is 139 Å². The number of halogens is 1. The first kappa shape index (κ1) is 16.4. The molecule has 1 aliphatic rings. The Kier molecular flexibility index (Phi) is 4.78. The van der Waals surface area contributed by atoms with E-state index in [1.165, 1.54) is 24.3 Å². The van der Waals surface area contributed by atoms with Gasteiger partial charge in [0.2, 0.25) is 0 Å². The summed E-state index contributed by atoms with van der Waals surface area (Å²) < 4.78 is 18.3. The number of urea groups is 1. The second-order valence-electron chi connectivity index (χ2n) is 5.86. The zero-order valence-electron chi connectivity index (χ0n) is 13.3. The van der Waals surface area contributed by atoms with Crippen molar-refractivity contribution in [2.24, 2.45) is 0 Å². The third kappa shape index (κ3) is 3.72. The van der Waals surface area contributed by atoms with Gasteiger partial charge in [-0.05, 0) is 47.9 Å². The van der Waals surface area contributed by atoms with Crippen molar-refractivity contribution in [2.45, 2.75) is 32.3 Å². The second-order valence-corrected chi connectivity index (χ2v) is 5.86. The number of fused-ring (bicyclic) bond motifs is 1. The Morgan fingerprint density at radius 3 is 2.62 bits per heavy atom. The molecule has 126 valence electrons. The van der Waals surface area contributed by atoms with E-state index in [9.17, 15) is 14.3 Å². The average molecular weight is 330 g/mol. The summed E-state index contributed by atoms with van der Waals surface area (Å²) in [6.07, 6.45) is -0.926. The maximum Gasteiger partial charge on any atom is 0.319 e. The summed E-state index contributed by atoms with van der Waals surface area (Å²) in [6.45, 7) is 2.83. The van der Waals surface area contributed by atoms with Crippen molar-refractivity contribution in [3.63, 3.8) is 0 Å². The van der Waals surface area contributed by atoms with Gasteiger partial charge in [-0.3, -0.25) is 0 Å². The third-order valence-electron chi connectivity index (χ3n) is 4.02. The van der Waals surface area contributed by atoms with Crippen molar-refractivity contribution in [3.8, 4) is 0 Å². The molecule has 2 aromatic carbocycles. The number of hydrogen-bond donors (Lipinski definition) is 3. The molecular formula is C18H19FN2O3. The standard InChI is InChI=1S/C18H19FN2O3/c1-11(17(22)12-2-5-15(19)6-3-12)20-18(23)21-16-7-4-13-9-24-10-14(13)8-16/h2-8,11,17,22H,9-10H2,1H3,(H2,20,21,23). The number of carbonyl (C=O) groups is 1. The largest absolute Gasteiger partial charge is 0.386 e. The molecule has 0 aromatic heterocycles. The second kappa shape index (κ2) is 6.98. The van der Waals surface area contributed by atoms with Gasteiger partial charge >= 0.3 is 6.03 Å². The molecule has 0 fully saturated rings. The highest BCUT2D eigenvalue weighted by molar-refractivity contribution is 5.89. The smallest absolute Gasteiger partial charge is 0.319 e. The van der Waals surface area contributed by atoms with Crippen molar-refractivity contribution in [3.05, 3.63) is 65.0 Å². The fourth-order valence-corrected chi connectivity index (χ4v) is 2.65. The number of anilines is 1. The number of aliphatic hydroxyl groups is 1. The molecule has 2 unspecified atom stereocenters. The molecule has 2 aromatic rings. The molecule has 0 spiro atoms. The van der Waals surface area contributed by atoms with Crippen LogP contribution < -0.4 is 10.6 Å². The summed E-state index contributed by atoms with van der Waals surface area (Å²) in [5.74, 6) is -0.370. The van der Waals surface area contributed by atoms with E-state index in [1.807, 2.05) is 18.2 Å². The number of carbonyl (C=O) groups excluding carboxylic acids is 1. The zero-order valence-corrected chi connectivity index (χ0v) is 13.3. The monoisotopic (exact) mass is 330 g/mol. The van der Waals surface area contributed by atoms with Gasteiger partial charge in [0, 0.05) is 5.69 Å². The van der Waals surface area contributed by atoms with Crippen molar-refractivity contribution < 1.29 is 19.0 Å². The zero-order chi connectivity index (χ0) is 17.1. The van der Waals surface area contributed by atoms with Crippen molar-refractivity contribution in [2.75, 3.05) is 5.32 Å². The number of ether oxygens (including phenoxy) is 1. The van der Waals surface area contributed by atoms with E-state index in [4.69, 9.17) is 4.74 Å².